The van der Waals surface area contributed by atoms with Crippen LogP contribution < -0.4 is 5.32 Å². The fourth-order valence-electron chi connectivity index (χ4n) is 2.90. The highest BCUT2D eigenvalue weighted by Crippen LogP contribution is 2.17. The van der Waals surface area contributed by atoms with Gasteiger partial charge in [-0.2, -0.15) is 0 Å². The summed E-state index contributed by atoms with van der Waals surface area (Å²) in [5.74, 6) is -1.25. The molecule has 0 saturated carbocycles. The highest BCUT2D eigenvalue weighted by Gasteiger charge is 2.23. The average Bonchev–Trinajstić information content (AvgIpc) is 2.52. The minimum absolute atomic E-state index is 0.214. The Morgan fingerprint density at radius 3 is 2.68 bits per heavy atom. The molecule has 2 unspecified atom stereocenters. The van der Waals surface area contributed by atoms with E-state index in [1.54, 1.807) is 24.3 Å². The molecular weight excluding hydrogens is 280 g/mol. The number of benzene rings is 1. The molecule has 0 aromatic heterocycles. The molecule has 1 aliphatic rings. The van der Waals surface area contributed by atoms with Gasteiger partial charge >= 0.3 is 5.97 Å². The second-order valence-corrected chi connectivity index (χ2v) is 5.88. The fraction of sp³-hybridized carbons (Fsp3) is 0.529. The van der Waals surface area contributed by atoms with Crippen molar-refractivity contribution < 1.29 is 14.7 Å². The fourth-order valence-corrected chi connectivity index (χ4v) is 2.90. The molecule has 1 amide bonds. The minimum atomic E-state index is -1.04. The number of carbonyl (C=O) groups excluding carboxylic acids is 1. The number of rotatable bonds is 6. The molecule has 0 spiro atoms. The van der Waals surface area contributed by atoms with Gasteiger partial charge in [-0.25, -0.2) is 4.79 Å². The number of amides is 1. The molecule has 2 N–H and O–H groups in total. The zero-order chi connectivity index (χ0) is 15.9. The van der Waals surface area contributed by atoms with Crippen LogP contribution in [0.15, 0.2) is 30.3 Å². The Kier molecular flexibility index (Phi) is 5.95. The van der Waals surface area contributed by atoms with Gasteiger partial charge in [-0.1, -0.05) is 36.8 Å². The van der Waals surface area contributed by atoms with Crippen molar-refractivity contribution in [2.24, 2.45) is 0 Å². The maximum absolute atomic E-state index is 12.1. The minimum Gasteiger partial charge on any atom is -0.479 e. The van der Waals surface area contributed by atoms with Crippen molar-refractivity contribution in [3.05, 3.63) is 35.9 Å². The van der Waals surface area contributed by atoms with E-state index < -0.39 is 12.0 Å². The summed E-state index contributed by atoms with van der Waals surface area (Å²) in [6.07, 6.45) is 3.93. The largest absolute Gasteiger partial charge is 0.479 e. The van der Waals surface area contributed by atoms with Crippen LogP contribution in [0.1, 0.15) is 44.2 Å². The lowest BCUT2D eigenvalue weighted by Crippen LogP contribution is -2.41. The molecule has 1 saturated heterocycles. The van der Waals surface area contributed by atoms with Gasteiger partial charge in [0.2, 0.25) is 5.91 Å². The highest BCUT2D eigenvalue weighted by atomic mass is 16.4. The first kappa shape index (κ1) is 16.5. The third-order valence-corrected chi connectivity index (χ3v) is 4.25. The predicted octanol–water partition coefficient (Wildman–Crippen LogP) is 2.19. The summed E-state index contributed by atoms with van der Waals surface area (Å²) in [6, 6.07) is 8.32. The summed E-state index contributed by atoms with van der Waals surface area (Å²) in [4.78, 5) is 25.8. The molecule has 2 rings (SSSR count). The third-order valence-electron chi connectivity index (χ3n) is 4.25. The molecule has 1 aromatic rings. The number of nitrogens with zero attached hydrogens (tertiary/aromatic N) is 1. The number of aliphatic carboxylic acids is 1. The zero-order valence-corrected chi connectivity index (χ0v) is 13.0. The van der Waals surface area contributed by atoms with E-state index in [4.69, 9.17) is 0 Å². The van der Waals surface area contributed by atoms with Gasteiger partial charge in [0.25, 0.3) is 0 Å². The Morgan fingerprint density at radius 2 is 2.05 bits per heavy atom. The average molecular weight is 304 g/mol. The van der Waals surface area contributed by atoms with Crippen molar-refractivity contribution in [1.82, 2.24) is 10.2 Å². The molecule has 5 nitrogen and oxygen atoms in total. The number of piperidine rings is 1. The van der Waals surface area contributed by atoms with Gasteiger partial charge in [-0.3, -0.25) is 4.79 Å². The van der Waals surface area contributed by atoms with E-state index in [1.165, 1.54) is 19.3 Å². The first-order valence-corrected chi connectivity index (χ1v) is 7.89. The molecule has 1 aliphatic heterocycles. The van der Waals surface area contributed by atoms with Crippen LogP contribution in [0.4, 0.5) is 0 Å². The van der Waals surface area contributed by atoms with E-state index in [1.807, 2.05) is 6.07 Å². The van der Waals surface area contributed by atoms with Crippen molar-refractivity contribution in [1.29, 1.82) is 0 Å². The van der Waals surface area contributed by atoms with Gasteiger partial charge in [0.05, 0.1) is 0 Å². The number of carboxylic acids is 1. The number of carboxylic acid groups (broad SMARTS) is 1. The number of hydrogen-bond donors (Lipinski definition) is 2. The van der Waals surface area contributed by atoms with Crippen LogP contribution in [0.25, 0.3) is 0 Å². The van der Waals surface area contributed by atoms with E-state index in [-0.39, 0.29) is 5.91 Å². The van der Waals surface area contributed by atoms with Crippen LogP contribution in [-0.2, 0) is 9.59 Å². The van der Waals surface area contributed by atoms with Gasteiger partial charge in [-0.15, -0.1) is 0 Å². The first-order valence-electron chi connectivity index (χ1n) is 7.89. The Bertz CT molecular complexity index is 504. The van der Waals surface area contributed by atoms with Crippen LogP contribution in [0.3, 0.4) is 0 Å². The van der Waals surface area contributed by atoms with E-state index >= 15 is 0 Å². The van der Waals surface area contributed by atoms with Gasteiger partial charge in [-0.05, 0) is 31.9 Å². The Morgan fingerprint density at radius 1 is 1.32 bits per heavy atom. The van der Waals surface area contributed by atoms with Crippen molar-refractivity contribution in [2.45, 2.75) is 44.7 Å². The van der Waals surface area contributed by atoms with E-state index in [2.05, 4.69) is 17.1 Å². The second kappa shape index (κ2) is 7.94. The maximum Gasteiger partial charge on any atom is 0.330 e. The molecule has 120 valence electrons. The van der Waals surface area contributed by atoms with Crippen LogP contribution in [0, 0.1) is 0 Å². The van der Waals surface area contributed by atoms with Gasteiger partial charge in [0.1, 0.15) is 0 Å². The van der Waals surface area contributed by atoms with Crippen LogP contribution >= 0.6 is 0 Å². The smallest absolute Gasteiger partial charge is 0.330 e. The lowest BCUT2D eigenvalue weighted by atomic mass is 10.0. The lowest BCUT2D eigenvalue weighted by Gasteiger charge is -2.33. The topological polar surface area (TPSA) is 69.6 Å². The SMILES string of the molecule is CC1CCCCN1CCC(=O)NC(C(=O)O)c1ccccc1. The standard InChI is InChI=1S/C17H24N2O3/c1-13-7-5-6-11-19(13)12-10-15(20)18-16(17(21)22)14-8-3-2-4-9-14/h2-4,8-9,13,16H,5-7,10-12H2,1H3,(H,18,20)(H,21,22). The lowest BCUT2D eigenvalue weighted by molar-refractivity contribution is -0.142. The summed E-state index contributed by atoms with van der Waals surface area (Å²) < 4.78 is 0. The highest BCUT2D eigenvalue weighted by molar-refractivity contribution is 5.84. The maximum atomic E-state index is 12.1. The number of nitrogens with one attached hydrogen (secondary N) is 1. The summed E-state index contributed by atoms with van der Waals surface area (Å²) in [7, 11) is 0. The summed E-state index contributed by atoms with van der Waals surface area (Å²) >= 11 is 0. The van der Waals surface area contributed by atoms with Crippen molar-refractivity contribution in [2.75, 3.05) is 13.1 Å². The number of likely N-dealkylation sites (tertiary alicyclic amines) is 1. The quantitative estimate of drug-likeness (QED) is 0.845. The summed E-state index contributed by atoms with van der Waals surface area (Å²) in [5, 5.41) is 11.9. The molecule has 5 heteroatoms. The molecule has 1 aromatic carbocycles. The van der Waals surface area contributed by atoms with Gasteiger partial charge < -0.3 is 15.3 Å². The molecule has 1 heterocycles. The van der Waals surface area contributed by atoms with Crippen molar-refractivity contribution in [3.8, 4) is 0 Å². The van der Waals surface area contributed by atoms with E-state index in [0.29, 0.717) is 24.6 Å². The Balaban J connectivity index is 1.87. The Hall–Kier alpha value is -1.88. The zero-order valence-electron chi connectivity index (χ0n) is 13.0. The van der Waals surface area contributed by atoms with Gasteiger partial charge in [0, 0.05) is 19.0 Å². The van der Waals surface area contributed by atoms with Crippen molar-refractivity contribution >= 4 is 11.9 Å². The summed E-state index contributed by atoms with van der Waals surface area (Å²) in [5.41, 5.74) is 0.592. The number of hydrogen-bond acceptors (Lipinski definition) is 3. The van der Waals surface area contributed by atoms with Crippen molar-refractivity contribution in [3.63, 3.8) is 0 Å². The van der Waals surface area contributed by atoms with E-state index in [0.717, 1.165) is 6.54 Å². The number of carbonyl (C=O) groups is 2. The molecule has 0 bridgehead atoms. The summed E-state index contributed by atoms with van der Waals surface area (Å²) in [6.45, 7) is 3.89. The van der Waals surface area contributed by atoms with Crippen LogP contribution in [0.5, 0.6) is 0 Å². The normalized spacial score (nSPS) is 20.3. The second-order valence-electron chi connectivity index (χ2n) is 5.88. The molecule has 0 aliphatic carbocycles. The molecular formula is C17H24N2O3. The van der Waals surface area contributed by atoms with Gasteiger partial charge in [0.15, 0.2) is 6.04 Å². The first-order chi connectivity index (χ1) is 10.6. The predicted molar refractivity (Wildman–Crippen MR) is 84.5 cm³/mol. The molecule has 1 fully saturated rings. The molecule has 0 radical (unpaired) electrons. The Labute approximate surface area is 131 Å². The third kappa shape index (κ3) is 4.56. The van der Waals surface area contributed by atoms with Crippen LogP contribution in [-0.4, -0.2) is 41.0 Å². The van der Waals surface area contributed by atoms with E-state index in [9.17, 15) is 14.7 Å². The molecule has 22 heavy (non-hydrogen) atoms. The molecule has 2 atom stereocenters. The van der Waals surface area contributed by atoms with Crippen LogP contribution in [0.2, 0.25) is 0 Å². The monoisotopic (exact) mass is 304 g/mol.